The van der Waals surface area contributed by atoms with Crippen molar-refractivity contribution in [2.75, 3.05) is 6.61 Å². The van der Waals surface area contributed by atoms with Gasteiger partial charge in [-0.2, -0.15) is 0 Å². The van der Waals surface area contributed by atoms with Crippen molar-refractivity contribution in [1.29, 1.82) is 0 Å². The molecule has 1 N–H and O–H groups in total. The smallest absolute Gasteiger partial charge is 1.00 e. The van der Waals surface area contributed by atoms with E-state index in [2.05, 4.69) is 0 Å². The number of hydrogen-bond donors (Lipinski definition) is 1. The summed E-state index contributed by atoms with van der Waals surface area (Å²) in [5.74, 6) is 1.03. The summed E-state index contributed by atoms with van der Waals surface area (Å²) in [4.78, 5) is 0. The molecule has 0 saturated heterocycles. The molecule has 74 valence electrons. The summed E-state index contributed by atoms with van der Waals surface area (Å²) in [5.41, 5.74) is 0. The van der Waals surface area contributed by atoms with Crippen LogP contribution in [-0.4, -0.2) is 11.7 Å². The van der Waals surface area contributed by atoms with Crippen molar-refractivity contribution < 1.29 is 36.1 Å². The molecule has 0 aromatic carbocycles. The molecule has 0 unspecified atom stereocenters. The van der Waals surface area contributed by atoms with E-state index in [1.54, 1.807) is 0 Å². The van der Waals surface area contributed by atoms with Crippen LogP contribution in [0.1, 0.15) is 59.2 Å². The molecule has 0 aromatic rings. The first-order chi connectivity index (χ1) is 5.93. The maximum absolute atomic E-state index is 8.60. The first-order valence-electron chi connectivity index (χ1n) is 5.54. The summed E-state index contributed by atoms with van der Waals surface area (Å²) >= 11 is 0. The molecular weight excluding hydrogens is 171 g/mol. The van der Waals surface area contributed by atoms with E-state index in [0.29, 0.717) is 6.61 Å². The van der Waals surface area contributed by atoms with Gasteiger partial charge in [0.05, 0.1) is 0 Å². The number of rotatable bonds is 5. The summed E-state index contributed by atoms with van der Waals surface area (Å²) in [5, 5.41) is 8.60. The summed E-state index contributed by atoms with van der Waals surface area (Å²) in [6.45, 7) is 0.380. The number of hydrogen-bond acceptors (Lipinski definition) is 1. The minimum Gasteiger partial charge on any atom is -1.00 e. The van der Waals surface area contributed by atoms with Crippen LogP contribution in [0.4, 0.5) is 0 Å². The third-order valence-electron chi connectivity index (χ3n) is 3.00. The maximum atomic E-state index is 8.60. The van der Waals surface area contributed by atoms with Crippen LogP contribution in [0.25, 0.3) is 0 Å². The van der Waals surface area contributed by atoms with Crippen molar-refractivity contribution in [2.24, 2.45) is 5.92 Å². The van der Waals surface area contributed by atoms with E-state index in [0.717, 1.165) is 12.3 Å². The molecule has 13 heavy (non-hydrogen) atoms. The van der Waals surface area contributed by atoms with E-state index in [1.165, 1.54) is 51.4 Å². The van der Waals surface area contributed by atoms with Gasteiger partial charge in [-0.15, -0.1) is 0 Å². The Bertz CT molecular complexity index is 105. The van der Waals surface area contributed by atoms with Crippen molar-refractivity contribution in [3.8, 4) is 0 Å². The van der Waals surface area contributed by atoms with Crippen LogP contribution in [0.3, 0.4) is 0 Å². The van der Waals surface area contributed by atoms with Gasteiger partial charge in [-0.05, 0) is 12.3 Å². The Morgan fingerprint density at radius 1 is 1.00 bits per heavy atom. The van der Waals surface area contributed by atoms with E-state index in [-0.39, 0.29) is 31.0 Å². The van der Waals surface area contributed by atoms with Crippen molar-refractivity contribution in [2.45, 2.75) is 57.8 Å². The van der Waals surface area contributed by atoms with E-state index in [1.807, 2.05) is 0 Å². The van der Waals surface area contributed by atoms with Crippen LogP contribution in [0.5, 0.6) is 0 Å². The van der Waals surface area contributed by atoms with E-state index < -0.39 is 0 Å². The Morgan fingerprint density at radius 2 is 1.69 bits per heavy atom. The molecule has 0 aliphatic heterocycles. The molecule has 1 aliphatic carbocycles. The fourth-order valence-electron chi connectivity index (χ4n) is 2.20. The minimum absolute atomic E-state index is 0. The Balaban J connectivity index is 0. The van der Waals surface area contributed by atoms with Gasteiger partial charge >= 0.3 is 29.6 Å². The van der Waals surface area contributed by atoms with Gasteiger partial charge in [-0.25, -0.2) is 0 Å². The molecule has 1 saturated carbocycles. The van der Waals surface area contributed by atoms with Crippen LogP contribution in [0, 0.1) is 5.92 Å². The van der Waals surface area contributed by atoms with Gasteiger partial charge in [0, 0.05) is 6.61 Å². The Kier molecular flexibility index (Phi) is 10.2. The number of aliphatic hydroxyl groups excluding tert-OH is 1. The zero-order valence-corrected chi connectivity index (χ0v) is 11.1. The van der Waals surface area contributed by atoms with Gasteiger partial charge in [-0.1, -0.05) is 51.4 Å². The fourth-order valence-corrected chi connectivity index (χ4v) is 2.20. The molecule has 1 nitrogen and oxygen atoms in total. The molecule has 2 heteroatoms. The third kappa shape index (κ3) is 6.96. The predicted octanol–water partition coefficient (Wildman–Crippen LogP) is 0.236. The molecule has 1 aliphatic rings. The van der Waals surface area contributed by atoms with Gasteiger partial charge in [0.25, 0.3) is 0 Å². The standard InChI is InChI=1S/C11H22O.Na.H/c12-10-6-2-5-9-11-7-3-1-4-8-11;;/h11-12H,1-10H2;;/q;+1;-1. The molecule has 0 spiro atoms. The van der Waals surface area contributed by atoms with Crippen molar-refractivity contribution in [3.63, 3.8) is 0 Å². The Labute approximate surface area is 106 Å². The van der Waals surface area contributed by atoms with Crippen molar-refractivity contribution in [1.82, 2.24) is 0 Å². The summed E-state index contributed by atoms with van der Waals surface area (Å²) in [6.07, 6.45) is 12.3. The average molecular weight is 194 g/mol. The Hall–Kier alpha value is 0.960. The normalized spacial score (nSPS) is 18.2. The van der Waals surface area contributed by atoms with Crippen LogP contribution < -0.4 is 29.6 Å². The summed E-state index contributed by atoms with van der Waals surface area (Å²) < 4.78 is 0. The van der Waals surface area contributed by atoms with Crippen LogP contribution in [-0.2, 0) is 0 Å². The van der Waals surface area contributed by atoms with Gasteiger partial charge in [0.2, 0.25) is 0 Å². The largest absolute Gasteiger partial charge is 1.00 e. The number of aliphatic hydroxyl groups is 1. The van der Waals surface area contributed by atoms with E-state index >= 15 is 0 Å². The SMILES string of the molecule is OCCCCCC1CCCCC1.[H-].[Na+]. The second-order valence-electron chi connectivity index (χ2n) is 4.08. The molecule has 0 radical (unpaired) electrons. The molecule has 0 aromatic heterocycles. The van der Waals surface area contributed by atoms with Crippen molar-refractivity contribution in [3.05, 3.63) is 0 Å². The summed E-state index contributed by atoms with van der Waals surface area (Å²) in [7, 11) is 0. The van der Waals surface area contributed by atoms with Gasteiger partial charge in [0.15, 0.2) is 0 Å². The first-order valence-corrected chi connectivity index (χ1v) is 5.54. The molecule has 0 atom stereocenters. The fraction of sp³-hybridized carbons (Fsp3) is 1.00. The zero-order chi connectivity index (χ0) is 8.65. The molecule has 0 heterocycles. The first kappa shape index (κ1) is 14.0. The van der Waals surface area contributed by atoms with Crippen LogP contribution in [0.15, 0.2) is 0 Å². The quantitative estimate of drug-likeness (QED) is 0.491. The van der Waals surface area contributed by atoms with Gasteiger partial charge < -0.3 is 6.53 Å². The molecule has 1 fully saturated rings. The molecule has 0 bridgehead atoms. The maximum Gasteiger partial charge on any atom is 1.00 e. The second-order valence-corrected chi connectivity index (χ2v) is 4.08. The minimum atomic E-state index is 0. The third-order valence-corrected chi connectivity index (χ3v) is 3.00. The molecule has 1 rings (SSSR count). The predicted molar refractivity (Wildman–Crippen MR) is 53.2 cm³/mol. The van der Waals surface area contributed by atoms with Gasteiger partial charge in [0.1, 0.15) is 0 Å². The molecule has 0 amide bonds. The van der Waals surface area contributed by atoms with E-state index in [9.17, 15) is 0 Å². The van der Waals surface area contributed by atoms with Crippen LogP contribution in [0.2, 0.25) is 0 Å². The van der Waals surface area contributed by atoms with Crippen molar-refractivity contribution >= 4 is 0 Å². The second kappa shape index (κ2) is 9.51. The summed E-state index contributed by atoms with van der Waals surface area (Å²) in [6, 6.07) is 0. The van der Waals surface area contributed by atoms with Gasteiger partial charge in [-0.3, -0.25) is 0 Å². The monoisotopic (exact) mass is 194 g/mol. The molecular formula is C11H23NaO. The number of unbranched alkanes of at least 4 members (excludes halogenated alkanes) is 2. The average Bonchev–Trinajstić information content (AvgIpc) is 2.14. The topological polar surface area (TPSA) is 20.2 Å². The van der Waals surface area contributed by atoms with Crippen LogP contribution >= 0.6 is 0 Å². The zero-order valence-electron chi connectivity index (χ0n) is 10.1. The Morgan fingerprint density at radius 3 is 2.31 bits per heavy atom. The van der Waals surface area contributed by atoms with E-state index in [4.69, 9.17) is 5.11 Å².